The van der Waals surface area contributed by atoms with Crippen molar-refractivity contribution in [3.05, 3.63) is 40.1 Å². The predicted octanol–water partition coefficient (Wildman–Crippen LogP) is 4.66. The predicted molar refractivity (Wildman–Crippen MR) is 94.9 cm³/mol. The zero-order valence-corrected chi connectivity index (χ0v) is 14.8. The Morgan fingerprint density at radius 1 is 1.45 bits per heavy atom. The third-order valence-electron chi connectivity index (χ3n) is 4.11. The van der Waals surface area contributed by atoms with Crippen LogP contribution in [0.2, 0.25) is 0 Å². The Bertz CT molecular complexity index is 769. The van der Waals surface area contributed by atoms with E-state index in [2.05, 4.69) is 44.2 Å². The van der Waals surface area contributed by atoms with E-state index in [4.69, 9.17) is 0 Å². The van der Waals surface area contributed by atoms with E-state index in [9.17, 15) is 4.79 Å². The van der Waals surface area contributed by atoms with Gasteiger partial charge in [0.15, 0.2) is 4.80 Å². The van der Waals surface area contributed by atoms with Gasteiger partial charge in [-0.3, -0.25) is 4.79 Å². The summed E-state index contributed by atoms with van der Waals surface area (Å²) in [6.45, 7) is 4.48. The minimum absolute atomic E-state index is 0.00957. The molecule has 5 heteroatoms. The van der Waals surface area contributed by atoms with Crippen LogP contribution in [0.5, 0.6) is 0 Å². The Morgan fingerprint density at radius 2 is 2.23 bits per heavy atom. The fourth-order valence-electron chi connectivity index (χ4n) is 3.05. The largest absolute Gasteiger partial charge is 0.313 e. The van der Waals surface area contributed by atoms with Crippen LogP contribution in [-0.2, 0) is 11.3 Å². The number of rotatable bonds is 4. The molecule has 1 aliphatic carbocycles. The molecule has 1 saturated carbocycles. The second-order valence-electron chi connectivity index (χ2n) is 5.76. The third kappa shape index (κ3) is 3.41. The van der Waals surface area contributed by atoms with Crippen LogP contribution in [0, 0.1) is 5.92 Å². The molecule has 0 radical (unpaired) electrons. The number of halogens is 1. The molecule has 0 bridgehead atoms. The van der Waals surface area contributed by atoms with Crippen molar-refractivity contribution in [2.75, 3.05) is 0 Å². The fourth-order valence-corrected chi connectivity index (χ4v) is 4.66. The summed E-state index contributed by atoms with van der Waals surface area (Å²) in [5.41, 5.74) is 1.10. The second kappa shape index (κ2) is 6.92. The maximum Gasteiger partial charge on any atom is 0.248 e. The summed E-state index contributed by atoms with van der Waals surface area (Å²) in [4.78, 5) is 17.4. The summed E-state index contributed by atoms with van der Waals surface area (Å²) in [6, 6.07) is 6.14. The molecule has 0 saturated heterocycles. The molecule has 3 nitrogen and oxygen atoms in total. The smallest absolute Gasteiger partial charge is 0.248 e. The highest BCUT2D eigenvalue weighted by Crippen LogP contribution is 2.28. The lowest BCUT2D eigenvalue weighted by Crippen LogP contribution is -2.17. The summed E-state index contributed by atoms with van der Waals surface area (Å²) >= 11 is 5.06. The quantitative estimate of drug-likeness (QED) is 0.712. The highest BCUT2D eigenvalue weighted by molar-refractivity contribution is 9.10. The Labute approximate surface area is 142 Å². The molecule has 22 heavy (non-hydrogen) atoms. The van der Waals surface area contributed by atoms with Gasteiger partial charge in [-0.25, -0.2) is 0 Å². The number of amides is 1. The van der Waals surface area contributed by atoms with Gasteiger partial charge in [-0.1, -0.05) is 46.2 Å². The van der Waals surface area contributed by atoms with Gasteiger partial charge in [-0.05, 0) is 37.0 Å². The van der Waals surface area contributed by atoms with Crippen molar-refractivity contribution in [2.45, 2.75) is 38.6 Å². The zero-order valence-electron chi connectivity index (χ0n) is 12.4. The van der Waals surface area contributed by atoms with E-state index in [1.165, 1.54) is 25.7 Å². The fraction of sp³-hybridized carbons (Fsp3) is 0.412. The number of allylic oxidation sites excluding steroid dienone is 1. The molecule has 0 atom stereocenters. The van der Waals surface area contributed by atoms with Gasteiger partial charge in [0.05, 0.1) is 10.2 Å². The maximum atomic E-state index is 12.3. The first-order valence-electron chi connectivity index (χ1n) is 7.64. The minimum Gasteiger partial charge on any atom is -0.313 e. The normalized spacial score (nSPS) is 16.5. The number of nitrogens with zero attached hydrogens (tertiary/aromatic N) is 2. The highest BCUT2D eigenvalue weighted by Gasteiger charge is 2.18. The molecule has 1 aromatic heterocycles. The van der Waals surface area contributed by atoms with Gasteiger partial charge < -0.3 is 4.57 Å². The number of fused-ring (bicyclic) bond motifs is 1. The van der Waals surface area contributed by atoms with Crippen LogP contribution in [0.25, 0.3) is 10.2 Å². The summed E-state index contributed by atoms with van der Waals surface area (Å²) in [5, 5.41) is 0. The molecule has 0 unspecified atom stereocenters. The Kier molecular flexibility index (Phi) is 4.93. The monoisotopic (exact) mass is 378 g/mol. The standard InChI is InChI=1S/C17H19BrN2OS/c1-2-9-20-14-8-7-13(18)11-15(14)22-17(20)19-16(21)10-12-5-3-4-6-12/h2,7-8,11-12H,1,3-6,9-10H2. The van der Waals surface area contributed by atoms with Crippen molar-refractivity contribution in [1.82, 2.24) is 4.57 Å². The average molecular weight is 379 g/mol. The summed E-state index contributed by atoms with van der Waals surface area (Å²) in [5.74, 6) is 0.544. The molecule has 1 aliphatic rings. The van der Waals surface area contributed by atoms with Gasteiger partial charge in [0, 0.05) is 17.4 Å². The number of thiazole rings is 1. The van der Waals surface area contributed by atoms with Crippen molar-refractivity contribution in [3.8, 4) is 0 Å². The van der Waals surface area contributed by atoms with E-state index in [0.29, 0.717) is 18.9 Å². The average Bonchev–Trinajstić information content (AvgIpc) is 3.08. The first kappa shape index (κ1) is 15.7. The lowest BCUT2D eigenvalue weighted by atomic mass is 10.0. The highest BCUT2D eigenvalue weighted by atomic mass is 79.9. The van der Waals surface area contributed by atoms with Gasteiger partial charge >= 0.3 is 0 Å². The maximum absolute atomic E-state index is 12.3. The molecule has 0 spiro atoms. The molecule has 116 valence electrons. The van der Waals surface area contributed by atoms with Crippen molar-refractivity contribution < 1.29 is 4.79 Å². The Morgan fingerprint density at radius 3 is 2.95 bits per heavy atom. The number of hydrogen-bond donors (Lipinski definition) is 0. The molecule has 3 rings (SSSR count). The number of aromatic nitrogens is 1. The topological polar surface area (TPSA) is 34.4 Å². The van der Waals surface area contributed by atoms with E-state index < -0.39 is 0 Å². The molecular weight excluding hydrogens is 360 g/mol. The zero-order chi connectivity index (χ0) is 15.5. The molecule has 0 N–H and O–H groups in total. The van der Waals surface area contributed by atoms with E-state index in [-0.39, 0.29) is 5.91 Å². The van der Waals surface area contributed by atoms with Crippen LogP contribution in [0.1, 0.15) is 32.1 Å². The Hall–Kier alpha value is -1.20. The van der Waals surface area contributed by atoms with Crippen LogP contribution in [0.15, 0.2) is 40.3 Å². The van der Waals surface area contributed by atoms with Gasteiger partial charge in [0.2, 0.25) is 5.91 Å². The van der Waals surface area contributed by atoms with Crippen LogP contribution in [0.4, 0.5) is 0 Å². The van der Waals surface area contributed by atoms with Crippen molar-refractivity contribution >= 4 is 43.4 Å². The van der Waals surface area contributed by atoms with E-state index in [0.717, 1.165) is 19.5 Å². The second-order valence-corrected chi connectivity index (χ2v) is 7.68. The molecule has 1 heterocycles. The van der Waals surface area contributed by atoms with Gasteiger partial charge in [0.25, 0.3) is 0 Å². The summed E-state index contributed by atoms with van der Waals surface area (Å²) < 4.78 is 4.23. The van der Waals surface area contributed by atoms with Crippen LogP contribution in [-0.4, -0.2) is 10.5 Å². The van der Waals surface area contributed by atoms with Gasteiger partial charge in [0.1, 0.15) is 0 Å². The van der Waals surface area contributed by atoms with E-state index >= 15 is 0 Å². The Balaban J connectivity index is 1.96. The summed E-state index contributed by atoms with van der Waals surface area (Å²) in [6.07, 6.45) is 7.29. The number of hydrogen-bond acceptors (Lipinski definition) is 2. The van der Waals surface area contributed by atoms with Gasteiger partial charge in [-0.2, -0.15) is 4.99 Å². The molecular formula is C17H19BrN2OS. The van der Waals surface area contributed by atoms with Crippen LogP contribution in [0.3, 0.4) is 0 Å². The molecule has 1 fully saturated rings. The SMILES string of the molecule is C=CCn1c(=NC(=O)CC2CCCC2)sc2cc(Br)ccc21. The number of carbonyl (C=O) groups is 1. The van der Waals surface area contributed by atoms with Crippen molar-refractivity contribution in [2.24, 2.45) is 10.9 Å². The minimum atomic E-state index is 0.00957. The van der Waals surface area contributed by atoms with Crippen molar-refractivity contribution in [3.63, 3.8) is 0 Å². The molecule has 1 aromatic carbocycles. The van der Waals surface area contributed by atoms with Crippen molar-refractivity contribution in [1.29, 1.82) is 0 Å². The number of carbonyl (C=O) groups excluding carboxylic acids is 1. The third-order valence-corrected chi connectivity index (χ3v) is 5.65. The van der Waals surface area contributed by atoms with Gasteiger partial charge in [-0.15, -0.1) is 6.58 Å². The first-order valence-corrected chi connectivity index (χ1v) is 9.25. The number of benzene rings is 1. The van der Waals surface area contributed by atoms with E-state index in [1.807, 2.05) is 12.1 Å². The molecule has 0 aliphatic heterocycles. The summed E-state index contributed by atoms with van der Waals surface area (Å²) in [7, 11) is 0. The van der Waals surface area contributed by atoms with Crippen LogP contribution >= 0.6 is 27.3 Å². The van der Waals surface area contributed by atoms with Crippen LogP contribution < -0.4 is 4.80 Å². The molecule has 1 amide bonds. The first-order chi connectivity index (χ1) is 10.7. The van der Waals surface area contributed by atoms with E-state index in [1.54, 1.807) is 11.3 Å². The lowest BCUT2D eigenvalue weighted by Gasteiger charge is -2.04. The lowest BCUT2D eigenvalue weighted by molar-refractivity contribution is -0.118. The molecule has 2 aromatic rings.